The number of nitrogens with zero attached hydrogens (tertiary/aromatic N) is 3. The fraction of sp³-hybridized carbons (Fsp3) is 0.619. The van der Waals surface area contributed by atoms with Crippen molar-refractivity contribution in [2.45, 2.75) is 31.8 Å². The van der Waals surface area contributed by atoms with E-state index in [2.05, 4.69) is 16.8 Å². The molecule has 0 bridgehead atoms. The average Bonchev–Trinajstić information content (AvgIpc) is 2.72. The van der Waals surface area contributed by atoms with E-state index >= 15 is 0 Å². The number of rotatable bonds is 6. The van der Waals surface area contributed by atoms with Crippen LogP contribution in [-0.4, -0.2) is 84.0 Å². The number of piperazine rings is 1. The third kappa shape index (κ3) is 5.10. The molecule has 0 spiro atoms. The molecule has 3 N–H and O–H groups in total. The number of likely N-dealkylation sites (tertiary alicyclic amines) is 1. The van der Waals surface area contributed by atoms with Gasteiger partial charge >= 0.3 is 5.97 Å². The van der Waals surface area contributed by atoms with Gasteiger partial charge in [0, 0.05) is 63.8 Å². The molecule has 2 saturated heterocycles. The summed E-state index contributed by atoms with van der Waals surface area (Å²) in [6.07, 6.45) is 1.67. The monoisotopic (exact) mass is 388 g/mol. The summed E-state index contributed by atoms with van der Waals surface area (Å²) in [5, 5.41) is 9.17. The molecule has 7 heteroatoms. The van der Waals surface area contributed by atoms with Crippen molar-refractivity contribution in [3.8, 4) is 0 Å². The number of carboxylic acids is 1. The fourth-order valence-electron chi connectivity index (χ4n) is 4.40. The second-order valence-corrected chi connectivity index (χ2v) is 8.04. The Bertz CT molecular complexity index is 671. The van der Waals surface area contributed by atoms with Crippen LogP contribution < -0.4 is 5.73 Å². The number of hydrogen-bond donors (Lipinski definition) is 2. The van der Waals surface area contributed by atoms with Crippen molar-refractivity contribution in [3.05, 3.63) is 35.4 Å². The van der Waals surface area contributed by atoms with Crippen LogP contribution in [0, 0.1) is 5.92 Å². The lowest BCUT2D eigenvalue weighted by atomic mass is 9.86. The van der Waals surface area contributed by atoms with Crippen LogP contribution in [-0.2, 0) is 11.3 Å². The summed E-state index contributed by atoms with van der Waals surface area (Å²) in [6, 6.07) is 7.82. The maximum absolute atomic E-state index is 13.0. The van der Waals surface area contributed by atoms with Crippen LogP contribution in [0.5, 0.6) is 0 Å². The Balaban J connectivity index is 1.68. The number of likely N-dealkylation sites (N-methyl/N-ethyl adjacent to an activating group) is 1. The van der Waals surface area contributed by atoms with Gasteiger partial charge in [-0.15, -0.1) is 0 Å². The minimum Gasteiger partial charge on any atom is -0.481 e. The van der Waals surface area contributed by atoms with Crippen molar-refractivity contribution in [3.63, 3.8) is 0 Å². The molecule has 0 saturated carbocycles. The summed E-state index contributed by atoms with van der Waals surface area (Å²) in [6.45, 7) is 5.91. The zero-order chi connectivity index (χ0) is 20.1. The first kappa shape index (κ1) is 20.8. The first-order valence-corrected chi connectivity index (χ1v) is 10.2. The molecule has 1 amide bonds. The molecule has 28 heavy (non-hydrogen) atoms. The summed E-state index contributed by atoms with van der Waals surface area (Å²) < 4.78 is 0. The van der Waals surface area contributed by atoms with Crippen LogP contribution >= 0.6 is 0 Å². The predicted octanol–water partition coefficient (Wildman–Crippen LogP) is 1.09. The van der Waals surface area contributed by atoms with Gasteiger partial charge in [-0.05, 0) is 43.5 Å². The number of hydrogen-bond acceptors (Lipinski definition) is 5. The number of amides is 1. The largest absolute Gasteiger partial charge is 0.481 e. The summed E-state index contributed by atoms with van der Waals surface area (Å²) in [7, 11) is 2.14. The van der Waals surface area contributed by atoms with E-state index in [4.69, 9.17) is 10.8 Å². The van der Waals surface area contributed by atoms with E-state index in [1.54, 1.807) is 0 Å². The van der Waals surface area contributed by atoms with E-state index in [-0.39, 0.29) is 18.2 Å². The Morgan fingerprint density at radius 1 is 1.11 bits per heavy atom. The molecular weight excluding hydrogens is 356 g/mol. The molecule has 0 radical (unpaired) electrons. The minimum atomic E-state index is -0.766. The van der Waals surface area contributed by atoms with Crippen molar-refractivity contribution in [2.75, 3.05) is 46.3 Å². The van der Waals surface area contributed by atoms with Gasteiger partial charge in [-0.1, -0.05) is 12.1 Å². The Kier molecular flexibility index (Phi) is 7.04. The molecule has 2 aliphatic heterocycles. The average molecular weight is 389 g/mol. The summed E-state index contributed by atoms with van der Waals surface area (Å²) in [4.78, 5) is 30.9. The van der Waals surface area contributed by atoms with E-state index in [1.807, 2.05) is 29.2 Å². The molecule has 2 heterocycles. The van der Waals surface area contributed by atoms with Crippen molar-refractivity contribution in [2.24, 2.45) is 11.7 Å². The van der Waals surface area contributed by atoms with E-state index in [0.29, 0.717) is 31.1 Å². The first-order chi connectivity index (χ1) is 13.5. The van der Waals surface area contributed by atoms with E-state index in [1.165, 1.54) is 0 Å². The molecule has 7 nitrogen and oxygen atoms in total. The van der Waals surface area contributed by atoms with Crippen LogP contribution in [0.3, 0.4) is 0 Å². The molecule has 2 fully saturated rings. The third-order valence-corrected chi connectivity index (χ3v) is 6.15. The molecule has 0 aromatic heterocycles. The molecule has 1 aromatic carbocycles. The lowest BCUT2D eigenvalue weighted by molar-refractivity contribution is -0.137. The number of nitrogens with two attached hydrogens (primary N) is 1. The number of carbonyl (C=O) groups excluding carboxylic acids is 1. The second kappa shape index (κ2) is 9.49. The van der Waals surface area contributed by atoms with E-state index < -0.39 is 5.97 Å². The topological polar surface area (TPSA) is 90.1 Å². The lowest BCUT2D eigenvalue weighted by Crippen LogP contribution is -2.57. The van der Waals surface area contributed by atoms with Gasteiger partial charge in [0.25, 0.3) is 5.91 Å². The molecule has 2 aliphatic rings. The normalized spacial score (nSPS) is 24.3. The summed E-state index contributed by atoms with van der Waals surface area (Å²) >= 11 is 0. The quantitative estimate of drug-likeness (QED) is 0.758. The highest BCUT2D eigenvalue weighted by Gasteiger charge is 2.36. The van der Waals surface area contributed by atoms with Crippen LogP contribution in [0.2, 0.25) is 0 Å². The zero-order valence-electron chi connectivity index (χ0n) is 16.7. The van der Waals surface area contributed by atoms with Crippen LogP contribution in [0.4, 0.5) is 0 Å². The number of benzene rings is 1. The van der Waals surface area contributed by atoms with Gasteiger partial charge in [-0.25, -0.2) is 0 Å². The SMILES string of the molecule is CN1CCN([C@@H]2CCN(C(=O)c3ccc(CN)cc3)C[C@@H]2CCC(=O)O)CC1. The van der Waals surface area contributed by atoms with Gasteiger partial charge in [-0.3, -0.25) is 14.5 Å². The Labute approximate surface area is 167 Å². The van der Waals surface area contributed by atoms with E-state index in [0.717, 1.165) is 44.7 Å². The molecule has 3 rings (SSSR count). The molecule has 0 aliphatic carbocycles. The van der Waals surface area contributed by atoms with Gasteiger partial charge in [0.05, 0.1) is 0 Å². The van der Waals surface area contributed by atoms with E-state index in [9.17, 15) is 9.59 Å². The fourth-order valence-corrected chi connectivity index (χ4v) is 4.40. The summed E-state index contributed by atoms with van der Waals surface area (Å²) in [5.41, 5.74) is 7.32. The van der Waals surface area contributed by atoms with Gasteiger partial charge in [0.1, 0.15) is 0 Å². The predicted molar refractivity (Wildman–Crippen MR) is 108 cm³/mol. The zero-order valence-corrected chi connectivity index (χ0v) is 16.7. The van der Waals surface area contributed by atoms with Gasteiger partial charge in [0.2, 0.25) is 0 Å². The second-order valence-electron chi connectivity index (χ2n) is 8.04. The van der Waals surface area contributed by atoms with Gasteiger partial charge in [0.15, 0.2) is 0 Å². The number of carbonyl (C=O) groups is 2. The van der Waals surface area contributed by atoms with Gasteiger partial charge < -0.3 is 20.6 Å². The first-order valence-electron chi connectivity index (χ1n) is 10.2. The van der Waals surface area contributed by atoms with Crippen LogP contribution in [0.1, 0.15) is 35.2 Å². The molecule has 0 unspecified atom stereocenters. The summed E-state index contributed by atoms with van der Waals surface area (Å²) in [5.74, 6) is -0.542. The minimum absolute atomic E-state index is 0.0284. The highest BCUT2D eigenvalue weighted by atomic mass is 16.4. The highest BCUT2D eigenvalue weighted by molar-refractivity contribution is 5.94. The Morgan fingerprint density at radius 2 is 1.79 bits per heavy atom. The molecule has 154 valence electrons. The maximum atomic E-state index is 13.0. The Hall–Kier alpha value is -1.96. The Morgan fingerprint density at radius 3 is 2.39 bits per heavy atom. The lowest BCUT2D eigenvalue weighted by Gasteiger charge is -2.46. The highest BCUT2D eigenvalue weighted by Crippen LogP contribution is 2.28. The maximum Gasteiger partial charge on any atom is 0.303 e. The smallest absolute Gasteiger partial charge is 0.303 e. The van der Waals surface area contributed by atoms with Crippen molar-refractivity contribution >= 4 is 11.9 Å². The number of aliphatic carboxylic acids is 1. The molecule has 2 atom stereocenters. The third-order valence-electron chi connectivity index (χ3n) is 6.15. The number of piperidine rings is 1. The van der Waals surface area contributed by atoms with Crippen LogP contribution in [0.25, 0.3) is 0 Å². The van der Waals surface area contributed by atoms with Crippen molar-refractivity contribution in [1.29, 1.82) is 0 Å². The van der Waals surface area contributed by atoms with Crippen LogP contribution in [0.15, 0.2) is 24.3 Å². The number of carboxylic acid groups (broad SMARTS) is 1. The van der Waals surface area contributed by atoms with Gasteiger partial charge in [-0.2, -0.15) is 0 Å². The van der Waals surface area contributed by atoms with Crippen molar-refractivity contribution in [1.82, 2.24) is 14.7 Å². The molecular formula is C21H32N4O3. The van der Waals surface area contributed by atoms with Crippen molar-refractivity contribution < 1.29 is 14.7 Å². The molecule has 1 aromatic rings. The standard InChI is InChI=1S/C21H32N4O3/c1-23-10-12-24(13-11-23)19-8-9-25(15-18(19)6-7-20(26)27)21(28)17-4-2-16(14-22)3-5-17/h2-5,18-19H,6-15,22H2,1H3,(H,26,27)/t18-,19+/m0/s1.